The van der Waals surface area contributed by atoms with Crippen LogP contribution >= 0.6 is 0 Å². The van der Waals surface area contributed by atoms with Gasteiger partial charge in [0.2, 0.25) is 0 Å². The van der Waals surface area contributed by atoms with Crippen molar-refractivity contribution in [2.24, 2.45) is 0 Å². The first-order chi connectivity index (χ1) is 13.3. The van der Waals surface area contributed by atoms with Gasteiger partial charge in [0.25, 0.3) is 0 Å². The van der Waals surface area contributed by atoms with Crippen LogP contribution in [-0.4, -0.2) is 0 Å². The predicted octanol–water partition coefficient (Wildman–Crippen LogP) is 5.44. The number of hydrogen-bond donors (Lipinski definition) is 1. The van der Waals surface area contributed by atoms with Crippen LogP contribution in [0.5, 0.6) is 5.75 Å². The molecule has 4 heteroatoms. The van der Waals surface area contributed by atoms with Crippen molar-refractivity contribution in [1.29, 1.82) is 0 Å². The molecule has 0 aliphatic carbocycles. The maximum absolute atomic E-state index is 13.1. The Morgan fingerprint density at radius 1 is 0.852 bits per heavy atom. The summed E-state index contributed by atoms with van der Waals surface area (Å²) < 4.78 is 24.5. The van der Waals surface area contributed by atoms with Crippen molar-refractivity contribution in [3.05, 3.63) is 102 Å². The maximum Gasteiger partial charge on any atom is 0.124 e. The molecule has 0 saturated heterocycles. The Balaban J connectivity index is 1.55. The van der Waals surface area contributed by atoms with Crippen molar-refractivity contribution < 1.29 is 13.5 Å². The number of benzene rings is 3. The molecule has 4 rings (SSSR count). The second-order valence-corrected chi connectivity index (χ2v) is 6.36. The van der Waals surface area contributed by atoms with Crippen LogP contribution in [-0.2, 0) is 19.7 Å². The maximum atomic E-state index is 13.1. The Bertz CT molecular complexity index is 1010. The summed E-state index contributed by atoms with van der Waals surface area (Å²) in [7, 11) is 0. The molecule has 0 bridgehead atoms. The summed E-state index contributed by atoms with van der Waals surface area (Å²) in [5.41, 5.74) is 2.03. The van der Waals surface area contributed by atoms with E-state index in [4.69, 9.17) is 9.15 Å². The SMILES string of the molecule is Fc1ccc(COc2ccc3ccccc3c2CNCc2ccco2)cc1. The Kier molecular flexibility index (Phi) is 5.17. The Morgan fingerprint density at radius 2 is 1.70 bits per heavy atom. The van der Waals surface area contributed by atoms with E-state index in [2.05, 4.69) is 23.5 Å². The van der Waals surface area contributed by atoms with Gasteiger partial charge in [-0.1, -0.05) is 42.5 Å². The summed E-state index contributed by atoms with van der Waals surface area (Å²) in [5, 5.41) is 5.74. The largest absolute Gasteiger partial charge is 0.489 e. The minimum Gasteiger partial charge on any atom is -0.489 e. The van der Waals surface area contributed by atoms with E-state index in [9.17, 15) is 4.39 Å². The molecular formula is C23H20FNO2. The fourth-order valence-electron chi connectivity index (χ4n) is 3.10. The fourth-order valence-corrected chi connectivity index (χ4v) is 3.10. The van der Waals surface area contributed by atoms with E-state index >= 15 is 0 Å². The summed E-state index contributed by atoms with van der Waals surface area (Å²) in [5.74, 6) is 1.47. The zero-order chi connectivity index (χ0) is 18.5. The molecule has 0 radical (unpaired) electrons. The summed E-state index contributed by atoms with van der Waals surface area (Å²) in [4.78, 5) is 0. The molecule has 0 amide bonds. The molecule has 3 aromatic carbocycles. The number of halogens is 1. The number of rotatable bonds is 7. The van der Waals surface area contributed by atoms with Crippen molar-refractivity contribution in [1.82, 2.24) is 5.32 Å². The lowest BCUT2D eigenvalue weighted by Gasteiger charge is -2.15. The average molecular weight is 361 g/mol. The van der Waals surface area contributed by atoms with Crippen LogP contribution in [0, 0.1) is 5.82 Å². The lowest BCUT2D eigenvalue weighted by Crippen LogP contribution is -2.13. The van der Waals surface area contributed by atoms with Gasteiger partial charge >= 0.3 is 0 Å². The van der Waals surface area contributed by atoms with Crippen LogP contribution in [0.1, 0.15) is 16.9 Å². The number of furan rings is 1. The smallest absolute Gasteiger partial charge is 0.124 e. The normalized spacial score (nSPS) is 11.0. The Hall–Kier alpha value is -3.11. The minimum absolute atomic E-state index is 0.243. The van der Waals surface area contributed by atoms with E-state index in [1.165, 1.54) is 17.5 Å². The third-order valence-electron chi connectivity index (χ3n) is 4.49. The van der Waals surface area contributed by atoms with E-state index < -0.39 is 0 Å². The third-order valence-corrected chi connectivity index (χ3v) is 4.49. The molecule has 0 unspecified atom stereocenters. The first-order valence-electron chi connectivity index (χ1n) is 8.90. The highest BCUT2D eigenvalue weighted by Crippen LogP contribution is 2.29. The van der Waals surface area contributed by atoms with Gasteiger partial charge in [0, 0.05) is 12.1 Å². The molecule has 27 heavy (non-hydrogen) atoms. The Labute approximate surface area is 157 Å². The zero-order valence-corrected chi connectivity index (χ0v) is 14.8. The monoisotopic (exact) mass is 361 g/mol. The lowest BCUT2D eigenvalue weighted by molar-refractivity contribution is 0.302. The van der Waals surface area contributed by atoms with Gasteiger partial charge in [-0.05, 0) is 46.7 Å². The van der Waals surface area contributed by atoms with Crippen molar-refractivity contribution in [2.45, 2.75) is 19.7 Å². The van der Waals surface area contributed by atoms with Crippen molar-refractivity contribution in [2.75, 3.05) is 0 Å². The molecule has 0 saturated carbocycles. The van der Waals surface area contributed by atoms with E-state index in [1.54, 1.807) is 18.4 Å². The van der Waals surface area contributed by atoms with Gasteiger partial charge in [-0.3, -0.25) is 0 Å². The first-order valence-corrected chi connectivity index (χ1v) is 8.90. The minimum atomic E-state index is -0.243. The zero-order valence-electron chi connectivity index (χ0n) is 14.8. The van der Waals surface area contributed by atoms with Crippen LogP contribution in [0.3, 0.4) is 0 Å². The third kappa shape index (κ3) is 4.18. The summed E-state index contributed by atoms with van der Waals surface area (Å²) >= 11 is 0. The molecule has 1 aromatic heterocycles. The van der Waals surface area contributed by atoms with Crippen LogP contribution in [0.4, 0.5) is 4.39 Å². The van der Waals surface area contributed by atoms with Crippen molar-refractivity contribution >= 4 is 10.8 Å². The van der Waals surface area contributed by atoms with Crippen molar-refractivity contribution in [3.8, 4) is 5.75 Å². The lowest BCUT2D eigenvalue weighted by atomic mass is 10.0. The standard InChI is InChI=1S/C23H20FNO2/c24-19-10-7-17(8-11-19)16-27-23-12-9-18-4-1-2-6-21(18)22(23)15-25-14-20-5-3-13-26-20/h1-13,25H,14-16H2. The summed E-state index contributed by atoms with van der Waals surface area (Å²) in [6.45, 7) is 1.69. The molecule has 1 N–H and O–H groups in total. The molecule has 1 heterocycles. The molecule has 0 aliphatic heterocycles. The van der Waals surface area contributed by atoms with Crippen molar-refractivity contribution in [3.63, 3.8) is 0 Å². The summed E-state index contributed by atoms with van der Waals surface area (Å²) in [6, 6.07) is 22.5. The number of ether oxygens (including phenoxy) is 1. The highest BCUT2D eigenvalue weighted by Gasteiger charge is 2.10. The molecule has 136 valence electrons. The first kappa shape index (κ1) is 17.3. The van der Waals surface area contributed by atoms with E-state index in [1.807, 2.05) is 30.3 Å². The van der Waals surface area contributed by atoms with Crippen LogP contribution in [0.2, 0.25) is 0 Å². The van der Waals surface area contributed by atoms with Gasteiger partial charge in [0.05, 0.1) is 12.8 Å². The fraction of sp³-hybridized carbons (Fsp3) is 0.130. The van der Waals surface area contributed by atoms with Crippen LogP contribution in [0.25, 0.3) is 10.8 Å². The highest BCUT2D eigenvalue weighted by atomic mass is 19.1. The number of nitrogens with one attached hydrogen (secondary N) is 1. The molecule has 0 spiro atoms. The molecule has 4 aromatic rings. The number of fused-ring (bicyclic) bond motifs is 1. The predicted molar refractivity (Wildman–Crippen MR) is 104 cm³/mol. The Morgan fingerprint density at radius 3 is 2.52 bits per heavy atom. The van der Waals surface area contributed by atoms with Gasteiger partial charge < -0.3 is 14.5 Å². The van der Waals surface area contributed by atoms with Gasteiger partial charge in [0.15, 0.2) is 0 Å². The van der Waals surface area contributed by atoms with Gasteiger partial charge in [0.1, 0.15) is 23.9 Å². The molecule has 3 nitrogen and oxygen atoms in total. The van der Waals surface area contributed by atoms with E-state index in [0.717, 1.165) is 28.0 Å². The average Bonchev–Trinajstić information content (AvgIpc) is 3.22. The second-order valence-electron chi connectivity index (χ2n) is 6.36. The van der Waals surface area contributed by atoms with Gasteiger partial charge in [-0.25, -0.2) is 4.39 Å². The van der Waals surface area contributed by atoms with Crippen LogP contribution in [0.15, 0.2) is 83.5 Å². The van der Waals surface area contributed by atoms with Gasteiger partial charge in [-0.2, -0.15) is 0 Å². The van der Waals surface area contributed by atoms with E-state index in [-0.39, 0.29) is 5.82 Å². The molecule has 0 atom stereocenters. The molecule has 0 fully saturated rings. The van der Waals surface area contributed by atoms with E-state index in [0.29, 0.717) is 19.7 Å². The second kappa shape index (κ2) is 8.06. The topological polar surface area (TPSA) is 34.4 Å². The number of hydrogen-bond acceptors (Lipinski definition) is 3. The quantitative estimate of drug-likeness (QED) is 0.476. The van der Waals surface area contributed by atoms with Crippen LogP contribution < -0.4 is 10.1 Å². The summed E-state index contributed by atoms with van der Waals surface area (Å²) in [6.07, 6.45) is 1.67. The van der Waals surface area contributed by atoms with Gasteiger partial charge in [-0.15, -0.1) is 0 Å². The molecular weight excluding hydrogens is 341 g/mol. The molecule has 0 aliphatic rings. The highest BCUT2D eigenvalue weighted by molar-refractivity contribution is 5.87.